The summed E-state index contributed by atoms with van der Waals surface area (Å²) in [7, 11) is 4.98. The van der Waals surface area contributed by atoms with Crippen LogP contribution in [0.5, 0.6) is 11.5 Å². The van der Waals surface area contributed by atoms with Gasteiger partial charge in [-0.25, -0.2) is 0 Å². The zero-order valence-corrected chi connectivity index (χ0v) is 20.8. The summed E-state index contributed by atoms with van der Waals surface area (Å²) in [4.78, 5) is 27.1. The minimum atomic E-state index is -0.224. The van der Waals surface area contributed by atoms with Gasteiger partial charge >= 0.3 is 0 Å². The molecule has 4 rings (SSSR count). The molecule has 1 heterocycles. The van der Waals surface area contributed by atoms with E-state index in [0.29, 0.717) is 41.5 Å². The maximum absolute atomic E-state index is 13.2. The molecule has 186 valence electrons. The molecular formula is C28H30N4O4. The maximum atomic E-state index is 13.2. The fourth-order valence-electron chi connectivity index (χ4n) is 4.19. The average Bonchev–Trinajstić information content (AvgIpc) is 3.21. The molecule has 1 aliphatic heterocycles. The largest absolute Gasteiger partial charge is 0.493 e. The van der Waals surface area contributed by atoms with Gasteiger partial charge in [-0.05, 0) is 42.9 Å². The molecule has 0 fully saturated rings. The van der Waals surface area contributed by atoms with Crippen LogP contribution in [0.4, 0.5) is 17.1 Å². The molecule has 0 atom stereocenters. The summed E-state index contributed by atoms with van der Waals surface area (Å²) in [5.74, 6) is 0.823. The van der Waals surface area contributed by atoms with Gasteiger partial charge in [0.25, 0.3) is 5.91 Å². The highest BCUT2D eigenvalue weighted by atomic mass is 16.5. The van der Waals surface area contributed by atoms with E-state index >= 15 is 0 Å². The summed E-state index contributed by atoms with van der Waals surface area (Å²) < 4.78 is 10.9. The second kappa shape index (κ2) is 11.0. The van der Waals surface area contributed by atoms with Gasteiger partial charge in [0.15, 0.2) is 11.5 Å². The van der Waals surface area contributed by atoms with Crippen molar-refractivity contribution < 1.29 is 19.1 Å². The summed E-state index contributed by atoms with van der Waals surface area (Å²) in [6, 6.07) is 20.8. The Morgan fingerprint density at radius 1 is 0.972 bits per heavy atom. The van der Waals surface area contributed by atoms with E-state index in [1.165, 1.54) is 0 Å². The number of fused-ring (bicyclic) bond motifs is 1. The van der Waals surface area contributed by atoms with Crippen LogP contribution in [0.2, 0.25) is 0 Å². The molecule has 0 bridgehead atoms. The van der Waals surface area contributed by atoms with Crippen LogP contribution in [0.15, 0.2) is 66.7 Å². The molecule has 0 saturated carbocycles. The quantitative estimate of drug-likeness (QED) is 0.393. The van der Waals surface area contributed by atoms with Gasteiger partial charge in [0, 0.05) is 43.0 Å². The van der Waals surface area contributed by atoms with Crippen molar-refractivity contribution in [2.45, 2.75) is 6.92 Å². The lowest BCUT2D eigenvalue weighted by Crippen LogP contribution is -2.34. The van der Waals surface area contributed by atoms with Crippen LogP contribution in [0.25, 0.3) is 11.3 Å². The van der Waals surface area contributed by atoms with Crippen LogP contribution in [0.3, 0.4) is 0 Å². The number of carbonyl (C=O) groups is 2. The molecular weight excluding hydrogens is 456 g/mol. The molecule has 0 unspecified atom stereocenters. The van der Waals surface area contributed by atoms with E-state index in [2.05, 4.69) is 16.0 Å². The van der Waals surface area contributed by atoms with E-state index in [-0.39, 0.29) is 11.8 Å². The first-order valence-corrected chi connectivity index (χ1v) is 11.6. The van der Waals surface area contributed by atoms with Crippen molar-refractivity contribution in [1.82, 2.24) is 5.32 Å². The van der Waals surface area contributed by atoms with Crippen molar-refractivity contribution in [2.24, 2.45) is 0 Å². The molecule has 0 radical (unpaired) electrons. The number of nitrogens with zero attached hydrogens (tertiary/aromatic N) is 1. The highest BCUT2D eigenvalue weighted by Gasteiger charge is 2.30. The topological polar surface area (TPSA) is 91.9 Å². The van der Waals surface area contributed by atoms with Crippen LogP contribution in [-0.2, 0) is 9.59 Å². The number of amides is 2. The second-order valence-corrected chi connectivity index (χ2v) is 8.27. The van der Waals surface area contributed by atoms with Crippen molar-refractivity contribution in [2.75, 3.05) is 49.9 Å². The summed E-state index contributed by atoms with van der Waals surface area (Å²) in [6.07, 6.45) is 0. The predicted molar refractivity (Wildman–Crippen MR) is 143 cm³/mol. The number of methoxy groups -OCH3 is 2. The van der Waals surface area contributed by atoms with Gasteiger partial charge in [-0.3, -0.25) is 9.59 Å². The van der Waals surface area contributed by atoms with Gasteiger partial charge in [0.05, 0.1) is 31.2 Å². The number of hydrogen-bond donors (Lipinski definition) is 3. The number of rotatable bonds is 9. The normalized spacial score (nSPS) is 13.5. The number of anilines is 3. The minimum Gasteiger partial charge on any atom is -0.493 e. The predicted octanol–water partition coefficient (Wildman–Crippen LogP) is 4.21. The summed E-state index contributed by atoms with van der Waals surface area (Å²) in [6.45, 7) is 2.81. The van der Waals surface area contributed by atoms with Gasteiger partial charge in [-0.15, -0.1) is 0 Å². The van der Waals surface area contributed by atoms with Crippen molar-refractivity contribution in [1.29, 1.82) is 0 Å². The third-order valence-corrected chi connectivity index (χ3v) is 5.99. The zero-order chi connectivity index (χ0) is 25.7. The minimum absolute atomic E-state index is 0.0262. The Balaban J connectivity index is 1.77. The Kier molecular flexibility index (Phi) is 7.56. The summed E-state index contributed by atoms with van der Waals surface area (Å²) in [5, 5.41) is 9.46. The van der Waals surface area contributed by atoms with Crippen LogP contribution in [-0.4, -0.2) is 46.2 Å². The third kappa shape index (κ3) is 5.04. The Bertz CT molecular complexity index is 1290. The molecule has 3 aromatic carbocycles. The van der Waals surface area contributed by atoms with Crippen LogP contribution in [0, 0.1) is 0 Å². The van der Waals surface area contributed by atoms with Crippen molar-refractivity contribution in [3.63, 3.8) is 0 Å². The Labute approximate surface area is 210 Å². The maximum Gasteiger partial charge on any atom is 0.258 e. The van der Waals surface area contributed by atoms with Crippen molar-refractivity contribution >= 4 is 40.1 Å². The molecule has 1 aliphatic rings. The number of carbonyl (C=O) groups excluding carboxylic acids is 2. The molecule has 0 aliphatic carbocycles. The summed E-state index contributed by atoms with van der Waals surface area (Å²) in [5.41, 5.74) is 4.97. The van der Waals surface area contributed by atoms with E-state index in [1.807, 2.05) is 67.7 Å². The van der Waals surface area contributed by atoms with Gasteiger partial charge in [-0.1, -0.05) is 30.3 Å². The van der Waals surface area contributed by atoms with Crippen LogP contribution < -0.4 is 30.3 Å². The Hall–Kier alpha value is -4.30. The molecule has 8 heteroatoms. The molecule has 0 spiro atoms. The number of likely N-dealkylation sites (N-methyl/N-ethyl adjacent to an activating group) is 1. The van der Waals surface area contributed by atoms with Crippen molar-refractivity contribution in [3.05, 3.63) is 77.9 Å². The SMILES string of the molecule is CNCCN(C(C)=O)c1ccc(N/C(=C2\C(=O)Nc3cc(OC)c(OC)cc32)c2ccccc2)cc1. The number of benzene rings is 3. The summed E-state index contributed by atoms with van der Waals surface area (Å²) >= 11 is 0. The number of hydrogen-bond acceptors (Lipinski definition) is 6. The molecule has 2 amide bonds. The first-order chi connectivity index (χ1) is 17.5. The highest BCUT2D eigenvalue weighted by Crippen LogP contribution is 2.43. The lowest BCUT2D eigenvalue weighted by atomic mass is 9.99. The molecule has 0 saturated heterocycles. The average molecular weight is 487 g/mol. The molecule has 3 N–H and O–H groups in total. The van der Waals surface area contributed by atoms with Gasteiger partial charge in [0.1, 0.15) is 0 Å². The first-order valence-electron chi connectivity index (χ1n) is 11.6. The second-order valence-electron chi connectivity index (χ2n) is 8.27. The Morgan fingerprint density at radius 3 is 2.25 bits per heavy atom. The molecule has 8 nitrogen and oxygen atoms in total. The van der Waals surface area contributed by atoms with E-state index in [0.717, 1.165) is 22.5 Å². The fraction of sp³-hybridized carbons (Fsp3) is 0.214. The molecule has 0 aromatic heterocycles. The fourth-order valence-corrected chi connectivity index (χ4v) is 4.19. The molecule has 3 aromatic rings. The number of ether oxygens (including phenoxy) is 2. The third-order valence-electron chi connectivity index (χ3n) is 5.99. The van der Waals surface area contributed by atoms with Gasteiger partial charge < -0.3 is 30.3 Å². The van der Waals surface area contributed by atoms with Crippen LogP contribution in [0.1, 0.15) is 18.1 Å². The zero-order valence-electron chi connectivity index (χ0n) is 20.8. The van der Waals surface area contributed by atoms with Gasteiger partial charge in [0.2, 0.25) is 5.91 Å². The molecule has 36 heavy (non-hydrogen) atoms. The van der Waals surface area contributed by atoms with E-state index in [9.17, 15) is 9.59 Å². The Morgan fingerprint density at radius 2 is 1.64 bits per heavy atom. The van der Waals surface area contributed by atoms with Gasteiger partial charge in [-0.2, -0.15) is 0 Å². The van der Waals surface area contributed by atoms with Crippen LogP contribution >= 0.6 is 0 Å². The highest BCUT2D eigenvalue weighted by molar-refractivity contribution is 6.37. The van der Waals surface area contributed by atoms with E-state index < -0.39 is 0 Å². The standard InChI is InChI=1S/C28H30N4O4/c1-18(33)32(15-14-29-2)21-12-10-20(11-13-21)30-27(19-8-6-5-7-9-19)26-22-16-24(35-3)25(36-4)17-23(22)31-28(26)34/h5-13,16-17,29-30H,14-15H2,1-4H3,(H,31,34)/b27-26-. The van der Waals surface area contributed by atoms with E-state index in [1.54, 1.807) is 32.1 Å². The first kappa shape index (κ1) is 24.8. The lowest BCUT2D eigenvalue weighted by molar-refractivity contribution is -0.116. The lowest BCUT2D eigenvalue weighted by Gasteiger charge is -2.22. The van der Waals surface area contributed by atoms with E-state index in [4.69, 9.17) is 9.47 Å². The van der Waals surface area contributed by atoms with Crippen molar-refractivity contribution in [3.8, 4) is 11.5 Å². The number of nitrogens with one attached hydrogen (secondary N) is 3. The smallest absolute Gasteiger partial charge is 0.258 e. The monoisotopic (exact) mass is 486 g/mol.